The molecule has 0 spiro atoms. The number of amides is 1. The van der Waals surface area contributed by atoms with Gasteiger partial charge in [0.2, 0.25) is 5.91 Å². The van der Waals surface area contributed by atoms with Crippen LogP contribution in [0.3, 0.4) is 0 Å². The van der Waals surface area contributed by atoms with E-state index in [0.29, 0.717) is 26.2 Å². The summed E-state index contributed by atoms with van der Waals surface area (Å²) in [6.45, 7) is 4.13. The van der Waals surface area contributed by atoms with Crippen LogP contribution in [0, 0.1) is 0 Å². The summed E-state index contributed by atoms with van der Waals surface area (Å²) in [7, 11) is 0. The van der Waals surface area contributed by atoms with Crippen LogP contribution in [0.25, 0.3) is 0 Å². The second-order valence-electron chi connectivity index (χ2n) is 5.66. The van der Waals surface area contributed by atoms with E-state index in [4.69, 9.17) is 10.5 Å². The fraction of sp³-hybridized carbons (Fsp3) is 0.933. The van der Waals surface area contributed by atoms with E-state index in [2.05, 4.69) is 12.2 Å². The standard InChI is InChI=1S/C15H30N2O2/c1-2-3-4-5-6-7-8-14(18)17-15(13-16)9-11-19-12-10-15/h2-13,16H2,1H3,(H,17,18). The minimum atomic E-state index is -0.211. The lowest BCUT2D eigenvalue weighted by Gasteiger charge is -2.37. The number of nitrogens with one attached hydrogen (secondary N) is 1. The zero-order chi connectivity index (χ0) is 14.0. The molecule has 1 saturated heterocycles. The first-order valence-electron chi connectivity index (χ1n) is 7.81. The van der Waals surface area contributed by atoms with Crippen LogP contribution in [0.1, 0.15) is 64.7 Å². The van der Waals surface area contributed by atoms with Crippen LogP contribution in [-0.4, -0.2) is 31.2 Å². The first-order valence-corrected chi connectivity index (χ1v) is 7.81. The van der Waals surface area contributed by atoms with E-state index in [9.17, 15) is 4.79 Å². The van der Waals surface area contributed by atoms with Crippen LogP contribution in [0.2, 0.25) is 0 Å². The molecule has 3 N–H and O–H groups in total. The molecular formula is C15H30N2O2. The SMILES string of the molecule is CCCCCCCCC(=O)NC1(CN)CCOCC1. The monoisotopic (exact) mass is 270 g/mol. The van der Waals surface area contributed by atoms with Crippen molar-refractivity contribution in [3.8, 4) is 0 Å². The maximum absolute atomic E-state index is 12.0. The Morgan fingerprint density at radius 2 is 1.79 bits per heavy atom. The number of rotatable bonds is 9. The van der Waals surface area contributed by atoms with Crippen molar-refractivity contribution in [3.63, 3.8) is 0 Å². The van der Waals surface area contributed by atoms with Crippen molar-refractivity contribution in [1.82, 2.24) is 5.32 Å². The van der Waals surface area contributed by atoms with Gasteiger partial charge in [0, 0.05) is 26.2 Å². The lowest BCUT2D eigenvalue weighted by atomic mass is 9.90. The third-order valence-electron chi connectivity index (χ3n) is 4.00. The minimum absolute atomic E-state index is 0.155. The highest BCUT2D eigenvalue weighted by Gasteiger charge is 2.32. The number of nitrogens with two attached hydrogens (primary N) is 1. The van der Waals surface area contributed by atoms with E-state index in [1.54, 1.807) is 0 Å². The zero-order valence-electron chi connectivity index (χ0n) is 12.4. The molecule has 0 aromatic carbocycles. The predicted molar refractivity (Wildman–Crippen MR) is 78.0 cm³/mol. The van der Waals surface area contributed by atoms with E-state index >= 15 is 0 Å². The molecule has 0 aromatic rings. The largest absolute Gasteiger partial charge is 0.381 e. The third-order valence-corrected chi connectivity index (χ3v) is 4.00. The normalized spacial score (nSPS) is 18.2. The molecule has 0 atom stereocenters. The van der Waals surface area contributed by atoms with Gasteiger partial charge in [-0.15, -0.1) is 0 Å². The lowest BCUT2D eigenvalue weighted by molar-refractivity contribution is -0.124. The number of unbranched alkanes of at least 4 members (excludes halogenated alkanes) is 5. The molecule has 1 heterocycles. The molecule has 0 radical (unpaired) electrons. The topological polar surface area (TPSA) is 64.4 Å². The highest BCUT2D eigenvalue weighted by atomic mass is 16.5. The molecule has 0 bridgehead atoms. The Kier molecular flexibility index (Phi) is 8.07. The van der Waals surface area contributed by atoms with E-state index < -0.39 is 0 Å². The van der Waals surface area contributed by atoms with Gasteiger partial charge in [-0.2, -0.15) is 0 Å². The number of hydrogen-bond donors (Lipinski definition) is 2. The smallest absolute Gasteiger partial charge is 0.220 e. The second-order valence-corrected chi connectivity index (χ2v) is 5.66. The highest BCUT2D eigenvalue weighted by molar-refractivity contribution is 5.76. The molecule has 1 rings (SSSR count). The third kappa shape index (κ3) is 6.39. The minimum Gasteiger partial charge on any atom is -0.381 e. The van der Waals surface area contributed by atoms with Crippen molar-refractivity contribution in [2.75, 3.05) is 19.8 Å². The molecule has 0 aliphatic carbocycles. The van der Waals surface area contributed by atoms with Gasteiger partial charge < -0.3 is 15.8 Å². The van der Waals surface area contributed by atoms with Gasteiger partial charge in [0.25, 0.3) is 0 Å². The Hall–Kier alpha value is -0.610. The molecule has 19 heavy (non-hydrogen) atoms. The molecular weight excluding hydrogens is 240 g/mol. The molecule has 1 fully saturated rings. The average Bonchev–Trinajstić information content (AvgIpc) is 2.43. The van der Waals surface area contributed by atoms with Crippen molar-refractivity contribution in [2.45, 2.75) is 70.3 Å². The summed E-state index contributed by atoms with van der Waals surface area (Å²) in [5.74, 6) is 0.155. The van der Waals surface area contributed by atoms with Crippen molar-refractivity contribution in [3.05, 3.63) is 0 Å². The maximum atomic E-state index is 12.0. The van der Waals surface area contributed by atoms with Crippen LogP contribution in [0.4, 0.5) is 0 Å². The highest BCUT2D eigenvalue weighted by Crippen LogP contribution is 2.19. The van der Waals surface area contributed by atoms with Gasteiger partial charge in [-0.1, -0.05) is 39.0 Å². The Balaban J connectivity index is 2.15. The molecule has 0 saturated carbocycles. The lowest BCUT2D eigenvalue weighted by Crippen LogP contribution is -2.56. The van der Waals surface area contributed by atoms with Gasteiger partial charge in [-0.05, 0) is 19.3 Å². The summed E-state index contributed by atoms with van der Waals surface area (Å²) >= 11 is 0. The van der Waals surface area contributed by atoms with Crippen LogP contribution >= 0.6 is 0 Å². The summed E-state index contributed by atoms with van der Waals surface area (Å²) < 4.78 is 5.34. The van der Waals surface area contributed by atoms with Gasteiger partial charge in [-0.3, -0.25) is 4.79 Å². The van der Waals surface area contributed by atoms with Gasteiger partial charge in [0.15, 0.2) is 0 Å². The van der Waals surface area contributed by atoms with Crippen molar-refractivity contribution < 1.29 is 9.53 Å². The van der Waals surface area contributed by atoms with Gasteiger partial charge in [0.1, 0.15) is 0 Å². The number of hydrogen-bond acceptors (Lipinski definition) is 3. The fourth-order valence-corrected chi connectivity index (χ4v) is 2.57. The van der Waals surface area contributed by atoms with Crippen LogP contribution < -0.4 is 11.1 Å². The summed E-state index contributed by atoms with van der Waals surface area (Å²) in [6.07, 6.45) is 9.58. The van der Waals surface area contributed by atoms with Crippen LogP contribution in [0.15, 0.2) is 0 Å². The summed E-state index contributed by atoms with van der Waals surface area (Å²) in [5.41, 5.74) is 5.62. The first-order chi connectivity index (χ1) is 9.22. The van der Waals surface area contributed by atoms with Gasteiger partial charge >= 0.3 is 0 Å². The predicted octanol–water partition coefficient (Wildman–Crippen LogP) is 2.36. The average molecular weight is 270 g/mol. The Bertz CT molecular complexity index is 251. The van der Waals surface area contributed by atoms with E-state index in [-0.39, 0.29) is 11.4 Å². The summed E-state index contributed by atoms with van der Waals surface area (Å²) in [4.78, 5) is 12.0. The molecule has 4 heteroatoms. The fourth-order valence-electron chi connectivity index (χ4n) is 2.57. The Morgan fingerprint density at radius 3 is 2.42 bits per heavy atom. The number of carbonyl (C=O) groups excluding carboxylic acids is 1. The van der Waals surface area contributed by atoms with Crippen LogP contribution in [-0.2, 0) is 9.53 Å². The van der Waals surface area contributed by atoms with E-state index in [0.717, 1.165) is 25.7 Å². The molecule has 1 aliphatic heterocycles. The quantitative estimate of drug-likeness (QED) is 0.632. The van der Waals surface area contributed by atoms with Gasteiger partial charge in [-0.25, -0.2) is 0 Å². The summed E-state index contributed by atoms with van der Waals surface area (Å²) in [6, 6.07) is 0. The first kappa shape index (κ1) is 16.4. The van der Waals surface area contributed by atoms with E-state index in [1.165, 1.54) is 25.7 Å². The molecule has 0 aromatic heterocycles. The zero-order valence-corrected chi connectivity index (χ0v) is 12.4. The van der Waals surface area contributed by atoms with Crippen LogP contribution in [0.5, 0.6) is 0 Å². The number of ether oxygens (including phenoxy) is 1. The van der Waals surface area contributed by atoms with E-state index in [1.807, 2.05) is 0 Å². The van der Waals surface area contributed by atoms with Crippen molar-refractivity contribution in [2.24, 2.45) is 5.73 Å². The maximum Gasteiger partial charge on any atom is 0.220 e. The molecule has 112 valence electrons. The van der Waals surface area contributed by atoms with Crippen molar-refractivity contribution >= 4 is 5.91 Å². The van der Waals surface area contributed by atoms with Gasteiger partial charge in [0.05, 0.1) is 5.54 Å². The Morgan fingerprint density at radius 1 is 1.16 bits per heavy atom. The molecule has 4 nitrogen and oxygen atoms in total. The molecule has 1 aliphatic rings. The second kappa shape index (κ2) is 9.32. The number of carbonyl (C=O) groups is 1. The molecule has 1 amide bonds. The van der Waals surface area contributed by atoms with Crippen molar-refractivity contribution in [1.29, 1.82) is 0 Å². The Labute approximate surface area is 117 Å². The summed E-state index contributed by atoms with van der Waals surface area (Å²) in [5, 5.41) is 3.14. The molecule has 0 unspecified atom stereocenters.